The normalized spacial score (nSPS) is 14.5. The van der Waals surface area contributed by atoms with Gasteiger partial charge in [0.25, 0.3) is 0 Å². The largest absolute Gasteiger partial charge is 0.459 e. The Morgan fingerprint density at radius 3 is 2.62 bits per heavy atom. The van der Waals surface area contributed by atoms with Gasteiger partial charge in [0.1, 0.15) is 13.2 Å². The molecule has 16 heavy (non-hydrogen) atoms. The van der Waals surface area contributed by atoms with Crippen LogP contribution in [-0.4, -0.2) is 29.9 Å². The summed E-state index contributed by atoms with van der Waals surface area (Å²) in [5.74, 6) is -0.325. The van der Waals surface area contributed by atoms with Crippen molar-refractivity contribution in [2.75, 3.05) is 13.1 Å². The zero-order chi connectivity index (χ0) is 11.4. The van der Waals surface area contributed by atoms with Gasteiger partial charge >= 0.3 is 5.97 Å². The lowest BCUT2D eigenvalue weighted by Crippen LogP contribution is -2.46. The predicted molar refractivity (Wildman–Crippen MR) is 57.4 cm³/mol. The number of likely N-dealkylation sites (tertiary alicyclic amines) is 1. The number of ether oxygens (including phenoxy) is 1. The molecule has 4 nitrogen and oxygen atoms in total. The van der Waals surface area contributed by atoms with Gasteiger partial charge in [-0.05, 0) is 5.56 Å². The molecule has 1 amide bonds. The minimum absolute atomic E-state index is 0.0247. The number of nitrogens with zero attached hydrogens (tertiary/aromatic N) is 1. The minimum atomic E-state index is -0.350. The van der Waals surface area contributed by atoms with Crippen LogP contribution in [-0.2, 0) is 20.9 Å². The van der Waals surface area contributed by atoms with E-state index < -0.39 is 0 Å². The first-order valence-corrected chi connectivity index (χ1v) is 5.23. The molecule has 1 aromatic rings. The Hall–Kier alpha value is -1.84. The second-order valence-electron chi connectivity index (χ2n) is 3.71. The number of carbonyl (C=O) groups is 2. The molecular formula is C12H13NO3. The summed E-state index contributed by atoms with van der Waals surface area (Å²) in [6.45, 7) is 1.01. The van der Waals surface area contributed by atoms with E-state index in [2.05, 4.69) is 0 Å². The van der Waals surface area contributed by atoms with E-state index >= 15 is 0 Å². The Kier molecular flexibility index (Phi) is 3.19. The highest BCUT2D eigenvalue weighted by Gasteiger charge is 2.25. The highest BCUT2D eigenvalue weighted by atomic mass is 16.5. The fourth-order valence-electron chi connectivity index (χ4n) is 1.47. The number of rotatable bonds is 4. The SMILES string of the molecule is O=C(CN1CCC1=O)OCc1ccccc1. The van der Waals surface area contributed by atoms with Gasteiger partial charge in [-0.2, -0.15) is 0 Å². The quantitative estimate of drug-likeness (QED) is 0.559. The fourth-order valence-corrected chi connectivity index (χ4v) is 1.47. The second kappa shape index (κ2) is 4.79. The molecule has 0 unspecified atom stereocenters. The average molecular weight is 219 g/mol. The molecule has 0 bridgehead atoms. The van der Waals surface area contributed by atoms with E-state index in [0.717, 1.165) is 5.56 Å². The van der Waals surface area contributed by atoms with Crippen molar-refractivity contribution in [1.82, 2.24) is 4.90 Å². The molecule has 0 saturated carbocycles. The van der Waals surface area contributed by atoms with Crippen molar-refractivity contribution in [3.8, 4) is 0 Å². The van der Waals surface area contributed by atoms with Crippen molar-refractivity contribution in [1.29, 1.82) is 0 Å². The summed E-state index contributed by atoms with van der Waals surface area (Å²) >= 11 is 0. The first-order valence-electron chi connectivity index (χ1n) is 5.23. The van der Waals surface area contributed by atoms with Gasteiger partial charge in [0, 0.05) is 13.0 Å². The first-order chi connectivity index (χ1) is 7.75. The summed E-state index contributed by atoms with van der Waals surface area (Å²) in [7, 11) is 0. The van der Waals surface area contributed by atoms with Gasteiger partial charge in [-0.25, -0.2) is 0 Å². The van der Waals surface area contributed by atoms with Gasteiger partial charge in [0.2, 0.25) is 5.91 Å². The summed E-state index contributed by atoms with van der Waals surface area (Å²) in [6.07, 6.45) is 0.548. The number of hydrogen-bond donors (Lipinski definition) is 0. The van der Waals surface area contributed by atoms with Crippen molar-refractivity contribution in [3.05, 3.63) is 35.9 Å². The molecule has 0 aromatic heterocycles. The molecule has 4 heteroatoms. The van der Waals surface area contributed by atoms with Crippen LogP contribution >= 0.6 is 0 Å². The van der Waals surface area contributed by atoms with Gasteiger partial charge in [-0.3, -0.25) is 9.59 Å². The lowest BCUT2D eigenvalue weighted by atomic mass is 10.2. The number of β-lactam (4-membered cyclic amide) rings is 1. The van der Waals surface area contributed by atoms with E-state index in [-0.39, 0.29) is 25.0 Å². The highest BCUT2D eigenvalue weighted by molar-refractivity contribution is 5.86. The van der Waals surface area contributed by atoms with Crippen LogP contribution in [0, 0.1) is 0 Å². The van der Waals surface area contributed by atoms with Crippen LogP contribution in [0.1, 0.15) is 12.0 Å². The molecule has 1 aliphatic rings. The van der Waals surface area contributed by atoms with E-state index in [1.54, 1.807) is 0 Å². The molecule has 1 fully saturated rings. The van der Waals surface area contributed by atoms with E-state index in [1.807, 2.05) is 30.3 Å². The number of amides is 1. The van der Waals surface area contributed by atoms with E-state index in [9.17, 15) is 9.59 Å². The van der Waals surface area contributed by atoms with Gasteiger partial charge in [-0.1, -0.05) is 30.3 Å². The second-order valence-corrected chi connectivity index (χ2v) is 3.71. The van der Waals surface area contributed by atoms with Crippen molar-refractivity contribution < 1.29 is 14.3 Å². The monoisotopic (exact) mass is 219 g/mol. The predicted octanol–water partition coefficient (Wildman–Crippen LogP) is 0.962. The standard InChI is InChI=1S/C12H13NO3/c14-11-6-7-13(11)8-12(15)16-9-10-4-2-1-3-5-10/h1-5H,6-9H2. The Morgan fingerprint density at radius 1 is 1.31 bits per heavy atom. The molecule has 0 atom stereocenters. The number of carbonyl (C=O) groups excluding carboxylic acids is 2. The molecule has 84 valence electrons. The van der Waals surface area contributed by atoms with Gasteiger partial charge in [0.15, 0.2) is 0 Å². The Labute approximate surface area is 93.8 Å². The first kappa shape index (κ1) is 10.7. The van der Waals surface area contributed by atoms with E-state index in [1.165, 1.54) is 4.90 Å². The van der Waals surface area contributed by atoms with Crippen LogP contribution < -0.4 is 0 Å². The molecule has 1 saturated heterocycles. The summed E-state index contributed by atoms with van der Waals surface area (Å²) in [4.78, 5) is 23.8. The maximum atomic E-state index is 11.3. The van der Waals surface area contributed by atoms with Gasteiger partial charge < -0.3 is 9.64 Å². The van der Waals surface area contributed by atoms with Crippen LogP contribution in [0.4, 0.5) is 0 Å². The smallest absolute Gasteiger partial charge is 0.325 e. The van der Waals surface area contributed by atoms with Gasteiger partial charge in [0.05, 0.1) is 0 Å². The Bertz CT molecular complexity index is 389. The van der Waals surface area contributed by atoms with E-state index in [4.69, 9.17) is 4.74 Å². The van der Waals surface area contributed by atoms with Crippen molar-refractivity contribution in [2.24, 2.45) is 0 Å². The molecule has 0 spiro atoms. The number of benzene rings is 1. The third-order valence-electron chi connectivity index (χ3n) is 2.51. The van der Waals surface area contributed by atoms with Crippen molar-refractivity contribution >= 4 is 11.9 Å². The fraction of sp³-hybridized carbons (Fsp3) is 0.333. The van der Waals surface area contributed by atoms with E-state index in [0.29, 0.717) is 13.0 Å². The Morgan fingerprint density at radius 2 is 2.06 bits per heavy atom. The van der Waals surface area contributed by atoms with Crippen LogP contribution in [0.2, 0.25) is 0 Å². The zero-order valence-corrected chi connectivity index (χ0v) is 8.89. The molecular weight excluding hydrogens is 206 g/mol. The van der Waals surface area contributed by atoms with Crippen molar-refractivity contribution in [2.45, 2.75) is 13.0 Å². The van der Waals surface area contributed by atoms with Crippen LogP contribution in [0.3, 0.4) is 0 Å². The molecule has 2 rings (SSSR count). The molecule has 0 N–H and O–H groups in total. The van der Waals surface area contributed by atoms with Crippen LogP contribution in [0.15, 0.2) is 30.3 Å². The maximum Gasteiger partial charge on any atom is 0.325 e. The minimum Gasteiger partial charge on any atom is -0.459 e. The van der Waals surface area contributed by atoms with Gasteiger partial charge in [-0.15, -0.1) is 0 Å². The lowest BCUT2D eigenvalue weighted by molar-refractivity contribution is -0.154. The Balaban J connectivity index is 1.74. The average Bonchev–Trinajstić information content (AvgIpc) is 2.33. The molecule has 1 aliphatic heterocycles. The summed E-state index contributed by atoms with van der Waals surface area (Å²) in [5.41, 5.74) is 0.950. The molecule has 1 heterocycles. The molecule has 0 aliphatic carbocycles. The highest BCUT2D eigenvalue weighted by Crippen LogP contribution is 2.08. The number of esters is 1. The van der Waals surface area contributed by atoms with Crippen LogP contribution in [0.5, 0.6) is 0 Å². The third kappa shape index (κ3) is 2.59. The molecule has 0 radical (unpaired) electrons. The topological polar surface area (TPSA) is 46.6 Å². The molecule has 1 aromatic carbocycles. The zero-order valence-electron chi connectivity index (χ0n) is 8.89. The summed E-state index contributed by atoms with van der Waals surface area (Å²) in [6, 6.07) is 9.47. The summed E-state index contributed by atoms with van der Waals surface area (Å²) in [5, 5.41) is 0. The summed E-state index contributed by atoms with van der Waals surface area (Å²) < 4.78 is 5.05. The third-order valence-corrected chi connectivity index (χ3v) is 2.51. The lowest BCUT2D eigenvalue weighted by Gasteiger charge is -2.29. The number of hydrogen-bond acceptors (Lipinski definition) is 3. The maximum absolute atomic E-state index is 11.3. The van der Waals surface area contributed by atoms with Crippen LogP contribution in [0.25, 0.3) is 0 Å². The van der Waals surface area contributed by atoms with Crippen molar-refractivity contribution in [3.63, 3.8) is 0 Å².